The molecule has 0 aromatic heterocycles. The van der Waals surface area contributed by atoms with Crippen LogP contribution in [-0.4, -0.2) is 17.2 Å². The molecule has 0 aliphatic heterocycles. The molecule has 1 aromatic carbocycles. The number of hydrogen-bond donors (Lipinski definition) is 1. The highest BCUT2D eigenvalue weighted by molar-refractivity contribution is 5.71. The van der Waals surface area contributed by atoms with E-state index in [2.05, 4.69) is 0 Å². The van der Waals surface area contributed by atoms with Gasteiger partial charge in [-0.25, -0.2) is 0 Å². The van der Waals surface area contributed by atoms with Gasteiger partial charge < -0.3 is 9.84 Å². The van der Waals surface area contributed by atoms with Crippen LogP contribution >= 0.6 is 0 Å². The van der Waals surface area contributed by atoms with Crippen molar-refractivity contribution in [1.82, 2.24) is 0 Å². The molecule has 1 spiro atoms. The van der Waals surface area contributed by atoms with Crippen molar-refractivity contribution < 1.29 is 14.6 Å². The Balaban J connectivity index is 1.73. The summed E-state index contributed by atoms with van der Waals surface area (Å²) in [7, 11) is 0. The van der Waals surface area contributed by atoms with Gasteiger partial charge in [0, 0.05) is 11.0 Å². The Hall–Kier alpha value is -1.51. The minimum absolute atomic E-state index is 0.0376. The van der Waals surface area contributed by atoms with Crippen molar-refractivity contribution in [3.05, 3.63) is 29.8 Å². The summed E-state index contributed by atoms with van der Waals surface area (Å²) in [6.45, 7) is 0. The molecule has 3 rings (SSSR count). The van der Waals surface area contributed by atoms with Gasteiger partial charge in [0.2, 0.25) is 0 Å². The average molecular weight is 274 g/mol. The van der Waals surface area contributed by atoms with E-state index in [0.29, 0.717) is 5.41 Å². The van der Waals surface area contributed by atoms with Crippen LogP contribution in [0.3, 0.4) is 0 Å². The van der Waals surface area contributed by atoms with Crippen LogP contribution in [0.2, 0.25) is 0 Å². The summed E-state index contributed by atoms with van der Waals surface area (Å²) in [4.78, 5) is 10.9. The van der Waals surface area contributed by atoms with Crippen molar-refractivity contribution >= 4 is 5.97 Å². The summed E-state index contributed by atoms with van der Waals surface area (Å²) in [6.07, 6.45) is 9.25. The lowest BCUT2D eigenvalue weighted by atomic mass is 9.58. The molecule has 2 fully saturated rings. The first-order valence-corrected chi connectivity index (χ1v) is 7.66. The van der Waals surface area contributed by atoms with Gasteiger partial charge in [-0.15, -0.1) is 0 Å². The number of aliphatic carboxylic acids is 1. The first-order valence-electron chi connectivity index (χ1n) is 7.66. The Morgan fingerprint density at radius 2 is 1.95 bits per heavy atom. The number of carboxylic acid groups (broad SMARTS) is 1. The van der Waals surface area contributed by atoms with Gasteiger partial charge in [-0.1, -0.05) is 37.5 Å². The maximum absolute atomic E-state index is 10.9. The van der Waals surface area contributed by atoms with Crippen molar-refractivity contribution in [2.45, 2.75) is 57.5 Å². The molecule has 0 amide bonds. The Labute approximate surface area is 120 Å². The summed E-state index contributed by atoms with van der Waals surface area (Å²) in [5.74, 6) is -0.0356. The van der Waals surface area contributed by atoms with Gasteiger partial charge in [-0.05, 0) is 31.7 Å². The maximum atomic E-state index is 10.9. The Kier molecular flexibility index (Phi) is 3.68. The van der Waals surface area contributed by atoms with Crippen molar-refractivity contribution in [1.29, 1.82) is 0 Å². The second-order valence-electron chi connectivity index (χ2n) is 6.25. The van der Waals surface area contributed by atoms with Gasteiger partial charge >= 0.3 is 5.97 Å². The fourth-order valence-electron chi connectivity index (χ4n) is 3.76. The van der Waals surface area contributed by atoms with Gasteiger partial charge in [0.15, 0.2) is 0 Å². The highest BCUT2D eigenvalue weighted by atomic mass is 16.5. The molecule has 1 N–H and O–H groups in total. The Morgan fingerprint density at radius 1 is 1.20 bits per heavy atom. The number of carboxylic acids is 1. The SMILES string of the molecule is O=C(O)Cc1ccccc1OC1CCC12CCCCC2. The molecule has 3 heteroatoms. The summed E-state index contributed by atoms with van der Waals surface area (Å²) < 4.78 is 6.21. The van der Waals surface area contributed by atoms with E-state index >= 15 is 0 Å². The van der Waals surface area contributed by atoms with E-state index in [0.717, 1.165) is 17.7 Å². The van der Waals surface area contributed by atoms with Gasteiger partial charge in [0.25, 0.3) is 0 Å². The molecule has 3 nitrogen and oxygen atoms in total. The molecular weight excluding hydrogens is 252 g/mol. The summed E-state index contributed by atoms with van der Waals surface area (Å²) >= 11 is 0. The van der Waals surface area contributed by atoms with Crippen LogP contribution in [-0.2, 0) is 11.2 Å². The van der Waals surface area contributed by atoms with E-state index in [1.807, 2.05) is 24.3 Å². The van der Waals surface area contributed by atoms with E-state index in [-0.39, 0.29) is 12.5 Å². The third kappa shape index (κ3) is 2.54. The quantitative estimate of drug-likeness (QED) is 0.908. The summed E-state index contributed by atoms with van der Waals surface area (Å²) in [5.41, 5.74) is 1.17. The van der Waals surface area contributed by atoms with E-state index in [1.54, 1.807) is 0 Å². The smallest absolute Gasteiger partial charge is 0.307 e. The van der Waals surface area contributed by atoms with Crippen LogP contribution in [0, 0.1) is 5.41 Å². The Morgan fingerprint density at radius 3 is 2.60 bits per heavy atom. The average Bonchev–Trinajstić information content (AvgIpc) is 2.45. The highest BCUT2D eigenvalue weighted by Crippen LogP contribution is 2.53. The minimum atomic E-state index is -0.804. The first-order chi connectivity index (χ1) is 9.70. The number of ether oxygens (including phenoxy) is 1. The van der Waals surface area contributed by atoms with Crippen LogP contribution in [0.25, 0.3) is 0 Å². The van der Waals surface area contributed by atoms with Gasteiger partial charge in [0.1, 0.15) is 11.9 Å². The van der Waals surface area contributed by atoms with Crippen molar-refractivity contribution in [2.24, 2.45) is 5.41 Å². The van der Waals surface area contributed by atoms with E-state index in [4.69, 9.17) is 9.84 Å². The third-order valence-electron chi connectivity index (χ3n) is 5.02. The molecular formula is C17H22O3. The van der Waals surface area contributed by atoms with E-state index in [9.17, 15) is 4.79 Å². The van der Waals surface area contributed by atoms with E-state index < -0.39 is 5.97 Å². The molecule has 1 atom stereocenters. The fraction of sp³-hybridized carbons (Fsp3) is 0.588. The second-order valence-corrected chi connectivity index (χ2v) is 6.25. The van der Waals surface area contributed by atoms with Crippen LogP contribution in [0.15, 0.2) is 24.3 Å². The van der Waals surface area contributed by atoms with Gasteiger partial charge in [0.05, 0.1) is 6.42 Å². The third-order valence-corrected chi connectivity index (χ3v) is 5.02. The molecule has 20 heavy (non-hydrogen) atoms. The fourth-order valence-corrected chi connectivity index (χ4v) is 3.76. The number of para-hydroxylation sites is 1. The monoisotopic (exact) mass is 274 g/mol. The van der Waals surface area contributed by atoms with Crippen molar-refractivity contribution in [2.75, 3.05) is 0 Å². The molecule has 0 heterocycles. The Bertz CT molecular complexity index is 489. The minimum Gasteiger partial charge on any atom is -0.490 e. The molecule has 1 unspecified atom stereocenters. The number of hydrogen-bond acceptors (Lipinski definition) is 2. The van der Waals surface area contributed by atoms with Crippen molar-refractivity contribution in [3.8, 4) is 5.75 Å². The lowest BCUT2D eigenvalue weighted by Gasteiger charge is -2.51. The molecule has 108 valence electrons. The number of carbonyl (C=O) groups is 1. The molecule has 0 radical (unpaired) electrons. The van der Waals surface area contributed by atoms with Crippen LogP contribution in [0.5, 0.6) is 5.75 Å². The van der Waals surface area contributed by atoms with Gasteiger partial charge in [-0.2, -0.15) is 0 Å². The standard InChI is InChI=1S/C17H22O3/c18-16(19)12-13-6-2-3-7-14(13)20-15-8-11-17(15)9-4-1-5-10-17/h2-3,6-7,15H,1,4-5,8-12H2,(H,18,19). The van der Waals surface area contributed by atoms with Crippen LogP contribution < -0.4 is 4.74 Å². The zero-order valence-electron chi connectivity index (χ0n) is 11.8. The number of benzene rings is 1. The highest BCUT2D eigenvalue weighted by Gasteiger charge is 2.48. The van der Waals surface area contributed by atoms with Crippen molar-refractivity contribution in [3.63, 3.8) is 0 Å². The first kappa shape index (κ1) is 13.5. The lowest BCUT2D eigenvalue weighted by Crippen LogP contribution is -2.49. The molecule has 1 aromatic rings. The molecule has 0 bridgehead atoms. The summed E-state index contributed by atoms with van der Waals surface area (Å²) in [6, 6.07) is 7.57. The largest absolute Gasteiger partial charge is 0.490 e. The second kappa shape index (κ2) is 5.47. The molecule has 0 saturated heterocycles. The predicted octanol–water partition coefficient (Wildman–Crippen LogP) is 3.81. The lowest BCUT2D eigenvalue weighted by molar-refractivity contribution is -0.136. The predicted molar refractivity (Wildman–Crippen MR) is 76.9 cm³/mol. The van der Waals surface area contributed by atoms with E-state index in [1.165, 1.54) is 38.5 Å². The zero-order valence-corrected chi connectivity index (χ0v) is 11.8. The maximum Gasteiger partial charge on any atom is 0.307 e. The topological polar surface area (TPSA) is 46.5 Å². The normalized spacial score (nSPS) is 24.1. The van der Waals surface area contributed by atoms with Crippen LogP contribution in [0.4, 0.5) is 0 Å². The molecule has 2 aliphatic carbocycles. The zero-order chi connectivity index (χ0) is 14.0. The van der Waals surface area contributed by atoms with Crippen LogP contribution in [0.1, 0.15) is 50.5 Å². The molecule has 2 aliphatic rings. The van der Waals surface area contributed by atoms with Gasteiger partial charge in [-0.3, -0.25) is 4.79 Å². The summed E-state index contributed by atoms with van der Waals surface area (Å²) in [5, 5.41) is 8.98. The molecule has 2 saturated carbocycles. The number of rotatable bonds is 4.